The molecule has 27 heavy (non-hydrogen) atoms. The van der Waals surface area contributed by atoms with Gasteiger partial charge in [-0.15, -0.1) is 0 Å². The Balaban J connectivity index is 1.89. The predicted octanol–water partition coefficient (Wildman–Crippen LogP) is 0.967. The van der Waals surface area contributed by atoms with E-state index in [2.05, 4.69) is 9.72 Å². The minimum absolute atomic E-state index is 0.0653. The molecule has 0 radical (unpaired) electrons. The average molecular weight is 375 g/mol. The molecule has 1 fully saturated rings. The summed E-state index contributed by atoms with van der Waals surface area (Å²) in [6.07, 6.45) is 1.21. The van der Waals surface area contributed by atoms with Crippen LogP contribution in [0.15, 0.2) is 18.3 Å². The van der Waals surface area contributed by atoms with Crippen LogP contribution in [-0.2, 0) is 14.3 Å². The second-order valence-electron chi connectivity index (χ2n) is 6.17. The molecule has 0 bridgehead atoms. The Kier molecular flexibility index (Phi) is 4.93. The lowest BCUT2D eigenvalue weighted by molar-refractivity contribution is -0.135. The van der Waals surface area contributed by atoms with Crippen molar-refractivity contribution in [3.63, 3.8) is 0 Å². The number of nitrogens with zero attached hydrogens (tertiary/aromatic N) is 2. The Morgan fingerprint density at radius 1 is 1.04 bits per heavy atom. The zero-order valence-electron chi connectivity index (χ0n) is 14.9. The first-order valence-electron chi connectivity index (χ1n) is 8.32. The summed E-state index contributed by atoms with van der Waals surface area (Å²) in [7, 11) is 1.19. The Morgan fingerprint density at radius 3 is 2.26 bits per heavy atom. The summed E-state index contributed by atoms with van der Waals surface area (Å²) in [4.78, 5) is 54.0. The van der Waals surface area contributed by atoms with Gasteiger partial charge in [0, 0.05) is 44.7 Å². The number of rotatable bonds is 3. The van der Waals surface area contributed by atoms with Crippen molar-refractivity contribution in [3.05, 3.63) is 35.3 Å². The van der Waals surface area contributed by atoms with E-state index in [-0.39, 0.29) is 41.0 Å². The van der Waals surface area contributed by atoms with Gasteiger partial charge in [-0.25, -0.2) is 9.18 Å². The third-order valence-corrected chi connectivity index (χ3v) is 4.64. The molecule has 9 heteroatoms. The average Bonchev–Trinajstić information content (AvgIpc) is 3.12. The third-order valence-electron chi connectivity index (χ3n) is 4.64. The quantitative estimate of drug-likeness (QED) is 0.490. The molecular formula is C18H18FN3O5. The molecule has 1 aliphatic rings. The number of carbonyl (C=O) groups is 4. The van der Waals surface area contributed by atoms with Crippen LogP contribution >= 0.6 is 0 Å². The van der Waals surface area contributed by atoms with Crippen molar-refractivity contribution in [1.29, 1.82) is 0 Å². The topological polar surface area (TPSA) is 99.8 Å². The zero-order valence-corrected chi connectivity index (χ0v) is 14.9. The Bertz CT molecular complexity index is 944. The van der Waals surface area contributed by atoms with Crippen LogP contribution in [0, 0.1) is 5.82 Å². The predicted molar refractivity (Wildman–Crippen MR) is 92.8 cm³/mol. The lowest BCUT2D eigenvalue weighted by atomic mass is 10.0. The van der Waals surface area contributed by atoms with Crippen molar-refractivity contribution in [2.75, 3.05) is 33.3 Å². The molecule has 1 saturated heterocycles. The Morgan fingerprint density at radius 2 is 1.67 bits per heavy atom. The number of hydrogen-bond acceptors (Lipinski definition) is 5. The molecule has 0 saturated carbocycles. The van der Waals surface area contributed by atoms with E-state index in [1.54, 1.807) is 4.90 Å². The van der Waals surface area contributed by atoms with Gasteiger partial charge in [0.1, 0.15) is 5.82 Å². The number of halogens is 1. The van der Waals surface area contributed by atoms with Gasteiger partial charge in [-0.2, -0.15) is 0 Å². The first kappa shape index (κ1) is 18.6. The highest BCUT2D eigenvalue weighted by molar-refractivity contribution is 6.45. The highest BCUT2D eigenvalue weighted by atomic mass is 19.1. The molecule has 2 amide bonds. The van der Waals surface area contributed by atoms with E-state index < -0.39 is 23.5 Å². The van der Waals surface area contributed by atoms with Gasteiger partial charge in [0.2, 0.25) is 5.91 Å². The van der Waals surface area contributed by atoms with Gasteiger partial charge in [-0.1, -0.05) is 0 Å². The molecule has 0 spiro atoms. The number of carbonyl (C=O) groups excluding carboxylic acids is 4. The van der Waals surface area contributed by atoms with Crippen LogP contribution in [-0.4, -0.2) is 71.6 Å². The van der Waals surface area contributed by atoms with Gasteiger partial charge in [0.05, 0.1) is 23.8 Å². The van der Waals surface area contributed by atoms with E-state index in [1.165, 1.54) is 31.2 Å². The minimum atomic E-state index is -0.876. The van der Waals surface area contributed by atoms with Gasteiger partial charge >= 0.3 is 5.97 Å². The van der Waals surface area contributed by atoms with E-state index in [1.807, 2.05) is 0 Å². The maximum absolute atomic E-state index is 14.3. The molecule has 3 rings (SSSR count). The summed E-state index contributed by atoms with van der Waals surface area (Å²) in [5.41, 5.74) is 0.0159. The van der Waals surface area contributed by atoms with E-state index in [9.17, 15) is 23.6 Å². The van der Waals surface area contributed by atoms with Crippen LogP contribution < -0.4 is 0 Å². The summed E-state index contributed by atoms with van der Waals surface area (Å²) in [6, 6.07) is 2.30. The van der Waals surface area contributed by atoms with Crippen LogP contribution in [0.1, 0.15) is 27.6 Å². The fourth-order valence-corrected chi connectivity index (χ4v) is 3.15. The first-order chi connectivity index (χ1) is 12.8. The van der Waals surface area contributed by atoms with Crippen molar-refractivity contribution in [3.8, 4) is 0 Å². The first-order valence-corrected chi connectivity index (χ1v) is 8.32. The van der Waals surface area contributed by atoms with Crippen molar-refractivity contribution >= 4 is 34.5 Å². The number of fused-ring (bicyclic) bond motifs is 1. The molecule has 1 aliphatic heterocycles. The zero-order chi connectivity index (χ0) is 19.7. The number of amides is 2. The van der Waals surface area contributed by atoms with Gasteiger partial charge in [0.15, 0.2) is 0 Å². The fourth-order valence-electron chi connectivity index (χ4n) is 3.15. The molecule has 8 nitrogen and oxygen atoms in total. The lowest BCUT2D eigenvalue weighted by Gasteiger charge is -2.33. The molecular weight excluding hydrogens is 357 g/mol. The van der Waals surface area contributed by atoms with Gasteiger partial charge in [-0.3, -0.25) is 14.4 Å². The van der Waals surface area contributed by atoms with Gasteiger partial charge in [0.25, 0.3) is 11.7 Å². The van der Waals surface area contributed by atoms with Crippen LogP contribution in [0.5, 0.6) is 0 Å². The number of esters is 1. The highest BCUT2D eigenvalue weighted by Gasteiger charge is 2.30. The standard InChI is InChI=1S/C18H18FN3O5/c1-10(23)21-5-7-22(8-6-21)17(25)16(24)12-9-20-15-11(18(26)27-2)3-4-13(19)14(12)15/h3-4,9,20H,5-8H2,1-2H3. The number of aromatic nitrogens is 1. The number of H-pyrrole nitrogens is 1. The molecule has 2 aromatic rings. The normalized spacial score (nSPS) is 14.3. The molecule has 2 heterocycles. The highest BCUT2D eigenvalue weighted by Crippen LogP contribution is 2.26. The number of Topliss-reactive ketones (excluding diaryl/α,β-unsaturated/α-hetero) is 1. The smallest absolute Gasteiger partial charge is 0.339 e. The van der Waals surface area contributed by atoms with Crippen LogP contribution in [0.2, 0.25) is 0 Å². The number of ketones is 1. The maximum Gasteiger partial charge on any atom is 0.339 e. The molecule has 0 atom stereocenters. The van der Waals surface area contributed by atoms with Gasteiger partial charge in [-0.05, 0) is 12.1 Å². The van der Waals surface area contributed by atoms with Crippen LogP contribution in [0.25, 0.3) is 10.9 Å². The molecule has 1 aromatic heterocycles. The summed E-state index contributed by atoms with van der Waals surface area (Å²) in [5.74, 6) is -3.16. The number of methoxy groups -OCH3 is 1. The van der Waals surface area contributed by atoms with E-state index >= 15 is 0 Å². The SMILES string of the molecule is COC(=O)c1ccc(F)c2c(C(=O)C(=O)N3CCN(C(C)=O)CC3)c[nH]c12. The number of ether oxygens (including phenoxy) is 1. The Hall–Kier alpha value is -3.23. The molecule has 0 aliphatic carbocycles. The number of aromatic amines is 1. The van der Waals surface area contributed by atoms with Crippen LogP contribution in [0.3, 0.4) is 0 Å². The summed E-state index contributed by atoms with van der Waals surface area (Å²) < 4.78 is 19.0. The van der Waals surface area contributed by atoms with Crippen molar-refractivity contribution < 1.29 is 28.3 Å². The Labute approximate surface area is 153 Å². The monoisotopic (exact) mass is 375 g/mol. The van der Waals surface area contributed by atoms with Crippen molar-refractivity contribution in [2.24, 2.45) is 0 Å². The molecule has 0 unspecified atom stereocenters. The summed E-state index contributed by atoms with van der Waals surface area (Å²) >= 11 is 0. The van der Waals surface area contributed by atoms with Crippen molar-refractivity contribution in [2.45, 2.75) is 6.92 Å². The second kappa shape index (κ2) is 7.18. The van der Waals surface area contributed by atoms with Crippen LogP contribution in [0.4, 0.5) is 4.39 Å². The van der Waals surface area contributed by atoms with Gasteiger partial charge < -0.3 is 19.5 Å². The fraction of sp³-hybridized carbons (Fsp3) is 0.333. The minimum Gasteiger partial charge on any atom is -0.465 e. The van der Waals surface area contributed by atoms with E-state index in [4.69, 9.17) is 0 Å². The largest absolute Gasteiger partial charge is 0.465 e. The number of hydrogen-bond donors (Lipinski definition) is 1. The molecule has 1 aromatic carbocycles. The molecule has 142 valence electrons. The number of benzene rings is 1. The van der Waals surface area contributed by atoms with E-state index in [0.717, 1.165) is 6.07 Å². The second-order valence-corrected chi connectivity index (χ2v) is 6.17. The van der Waals surface area contributed by atoms with Crippen molar-refractivity contribution in [1.82, 2.24) is 14.8 Å². The lowest BCUT2D eigenvalue weighted by Crippen LogP contribution is -2.51. The number of nitrogens with one attached hydrogen (secondary N) is 1. The third kappa shape index (κ3) is 3.27. The van der Waals surface area contributed by atoms with E-state index in [0.29, 0.717) is 13.1 Å². The summed E-state index contributed by atoms with van der Waals surface area (Å²) in [5, 5.41) is -0.126. The summed E-state index contributed by atoms with van der Waals surface area (Å²) in [6.45, 7) is 2.56. The maximum atomic E-state index is 14.3. The molecule has 1 N–H and O–H groups in total. The number of piperazine rings is 1.